The smallest absolute Gasteiger partial charge is 0.0927 e. The molecule has 4 aliphatic rings. The van der Waals surface area contributed by atoms with E-state index in [1.807, 2.05) is 19.4 Å². The molecule has 1 aromatic carbocycles. The van der Waals surface area contributed by atoms with Crippen LogP contribution in [0.3, 0.4) is 0 Å². The van der Waals surface area contributed by atoms with Crippen LogP contribution in [-0.4, -0.2) is 43.0 Å². The molecule has 1 heterocycles. The number of benzene rings is 1. The molecule has 36 heavy (non-hydrogen) atoms. The summed E-state index contributed by atoms with van der Waals surface area (Å²) in [5, 5.41) is 17.6. The molecule has 6 rings (SSSR count). The molecular weight excluding hydrogens is 444 g/mol. The van der Waals surface area contributed by atoms with E-state index >= 15 is 0 Å². The normalized spacial score (nSPS) is 33.3. The Balaban J connectivity index is 0.000000400. The Bertz CT molecular complexity index is 1120. The van der Waals surface area contributed by atoms with Crippen molar-refractivity contribution in [1.29, 1.82) is 0 Å². The second-order valence-electron chi connectivity index (χ2n) is 11.8. The van der Waals surface area contributed by atoms with Gasteiger partial charge in [-0.2, -0.15) is 0 Å². The van der Waals surface area contributed by atoms with Crippen LogP contribution in [0.25, 0.3) is 10.8 Å². The predicted molar refractivity (Wildman–Crippen MR) is 148 cm³/mol. The first kappa shape index (κ1) is 25.6. The van der Waals surface area contributed by atoms with Crippen molar-refractivity contribution in [2.75, 3.05) is 27.3 Å². The Kier molecular flexibility index (Phi) is 7.67. The number of methoxy groups -OCH3 is 1. The first-order valence-electron chi connectivity index (χ1n) is 14.1. The van der Waals surface area contributed by atoms with Crippen LogP contribution in [0.4, 0.5) is 0 Å². The molecule has 0 aliphatic heterocycles. The Hall–Kier alpha value is -2.01. The van der Waals surface area contributed by atoms with Gasteiger partial charge in [-0.3, -0.25) is 4.98 Å². The summed E-state index contributed by atoms with van der Waals surface area (Å²) in [6.07, 6.45) is 19.5. The topological polar surface area (TPSA) is 54.4 Å². The van der Waals surface area contributed by atoms with E-state index in [1.165, 1.54) is 60.4 Å². The van der Waals surface area contributed by atoms with Crippen molar-refractivity contribution in [3.8, 4) is 0 Å². The first-order chi connectivity index (χ1) is 17.5. The molecule has 0 spiro atoms. The second-order valence-corrected chi connectivity index (χ2v) is 11.8. The van der Waals surface area contributed by atoms with Crippen molar-refractivity contribution in [3.05, 3.63) is 65.5 Å². The second kappa shape index (κ2) is 10.8. The van der Waals surface area contributed by atoms with Crippen LogP contribution in [0.2, 0.25) is 0 Å². The van der Waals surface area contributed by atoms with E-state index in [0.29, 0.717) is 17.8 Å². The number of nitrogens with zero attached hydrogens (tertiary/aromatic N) is 1. The van der Waals surface area contributed by atoms with Gasteiger partial charge in [0.05, 0.1) is 12.2 Å². The fourth-order valence-corrected chi connectivity index (χ4v) is 7.81. The van der Waals surface area contributed by atoms with E-state index in [2.05, 4.69) is 53.6 Å². The Labute approximate surface area is 217 Å². The highest BCUT2D eigenvalue weighted by Gasteiger charge is 2.58. The van der Waals surface area contributed by atoms with Gasteiger partial charge in [0.15, 0.2) is 0 Å². The number of ether oxygens (including phenoxy) is 1. The number of likely N-dealkylation sites (N-methyl/N-ethyl adjacent to an activating group) is 1. The number of rotatable bonds is 4. The number of aliphatic hydroxyl groups is 1. The molecule has 2 saturated carbocycles. The number of fused-ring (bicyclic) bond motifs is 5. The molecule has 5 atom stereocenters. The van der Waals surface area contributed by atoms with Gasteiger partial charge in [-0.05, 0) is 110 Å². The van der Waals surface area contributed by atoms with Crippen molar-refractivity contribution in [1.82, 2.24) is 10.3 Å². The molecule has 0 bridgehead atoms. The third-order valence-corrected chi connectivity index (χ3v) is 9.80. The van der Waals surface area contributed by atoms with Gasteiger partial charge in [0.1, 0.15) is 0 Å². The molecule has 0 radical (unpaired) electrons. The molecule has 4 unspecified atom stereocenters. The van der Waals surface area contributed by atoms with Gasteiger partial charge < -0.3 is 15.2 Å². The number of hydrogen-bond acceptors (Lipinski definition) is 4. The summed E-state index contributed by atoms with van der Waals surface area (Å²) in [4.78, 5) is 4.33. The minimum atomic E-state index is -0.634. The van der Waals surface area contributed by atoms with Crippen molar-refractivity contribution in [2.24, 2.45) is 17.3 Å². The molecule has 4 heteroatoms. The molecule has 1 aromatic heterocycles. The lowest BCUT2D eigenvalue weighted by molar-refractivity contribution is -0.0472. The molecule has 4 aliphatic carbocycles. The molecule has 0 saturated heterocycles. The maximum absolute atomic E-state index is 12.2. The third-order valence-electron chi connectivity index (χ3n) is 9.80. The largest absolute Gasteiger partial charge is 0.385 e. The van der Waals surface area contributed by atoms with E-state index in [4.69, 9.17) is 4.74 Å². The monoisotopic (exact) mass is 488 g/mol. The first-order valence-corrected chi connectivity index (χ1v) is 14.1. The van der Waals surface area contributed by atoms with Crippen LogP contribution in [0.1, 0.15) is 76.2 Å². The predicted octanol–water partition coefficient (Wildman–Crippen LogP) is 6.56. The highest BCUT2D eigenvalue weighted by molar-refractivity contribution is 5.82. The number of nitrogens with one attached hydrogen (secondary N) is 1. The minimum Gasteiger partial charge on any atom is -0.385 e. The number of aromatic nitrogens is 1. The van der Waals surface area contributed by atoms with Gasteiger partial charge in [0, 0.05) is 31.4 Å². The molecule has 2 aromatic rings. The average molecular weight is 489 g/mol. The summed E-state index contributed by atoms with van der Waals surface area (Å²) in [6.45, 7) is 4.20. The SMILES string of the molecule is CC12CC=C3C=C4CCCCC4CC[C@]3(O)C1CCC2c1ccc2ccncc2c1.CNCCOC. The van der Waals surface area contributed by atoms with Crippen LogP contribution < -0.4 is 5.32 Å². The lowest BCUT2D eigenvalue weighted by atomic mass is 9.58. The van der Waals surface area contributed by atoms with E-state index in [9.17, 15) is 5.11 Å². The number of pyridine rings is 1. The van der Waals surface area contributed by atoms with Crippen molar-refractivity contribution in [3.63, 3.8) is 0 Å². The Morgan fingerprint density at radius 2 is 2.00 bits per heavy atom. The zero-order valence-electron chi connectivity index (χ0n) is 22.4. The average Bonchev–Trinajstić information content (AvgIpc) is 3.19. The number of allylic oxidation sites excluding steroid dienone is 2. The highest BCUT2D eigenvalue weighted by atomic mass is 16.5. The van der Waals surface area contributed by atoms with Crippen LogP contribution in [0, 0.1) is 17.3 Å². The summed E-state index contributed by atoms with van der Waals surface area (Å²) in [5.74, 6) is 1.58. The lowest BCUT2D eigenvalue weighted by Crippen LogP contribution is -2.49. The molecule has 4 nitrogen and oxygen atoms in total. The standard InChI is InChI=1S/C28H33NO.C4H11NO/c1-27-13-11-24-17-21-5-3-2-4-19(21)10-14-28(24,30)26(27)9-8-25(27)22-7-6-20-12-15-29-18-23(20)16-22;1-5-3-4-6-2/h6-7,11-12,15-19,25-26,30H,2-5,8-10,13-14H2,1H3;5H,3-4H2,1-2H3/t19?,25?,26?,27?,28-;/m1./s1. The maximum Gasteiger partial charge on any atom is 0.0927 e. The van der Waals surface area contributed by atoms with Gasteiger partial charge in [-0.15, -0.1) is 0 Å². The van der Waals surface area contributed by atoms with E-state index in [-0.39, 0.29) is 5.41 Å². The number of hydrogen-bond donors (Lipinski definition) is 2. The maximum atomic E-state index is 12.2. The summed E-state index contributed by atoms with van der Waals surface area (Å²) in [6, 6.07) is 9.03. The molecule has 2 fully saturated rings. The van der Waals surface area contributed by atoms with Crippen LogP contribution in [0.5, 0.6) is 0 Å². The fourth-order valence-electron chi connectivity index (χ4n) is 7.81. The van der Waals surface area contributed by atoms with Gasteiger partial charge in [0.25, 0.3) is 0 Å². The molecule has 2 N–H and O–H groups in total. The lowest BCUT2D eigenvalue weighted by Gasteiger charge is -2.49. The summed E-state index contributed by atoms with van der Waals surface area (Å²) in [7, 11) is 3.59. The molecular formula is C32H44N2O2. The van der Waals surface area contributed by atoms with Gasteiger partial charge in [-0.1, -0.05) is 43.2 Å². The Morgan fingerprint density at radius 3 is 2.81 bits per heavy atom. The third kappa shape index (κ3) is 4.68. The van der Waals surface area contributed by atoms with Crippen LogP contribution in [-0.2, 0) is 4.74 Å². The zero-order chi connectivity index (χ0) is 25.2. The van der Waals surface area contributed by atoms with Gasteiger partial charge >= 0.3 is 0 Å². The summed E-state index contributed by atoms with van der Waals surface area (Å²) in [5.41, 5.74) is 3.81. The van der Waals surface area contributed by atoms with Crippen molar-refractivity contribution < 1.29 is 9.84 Å². The highest BCUT2D eigenvalue weighted by Crippen LogP contribution is 2.63. The summed E-state index contributed by atoms with van der Waals surface area (Å²) < 4.78 is 4.72. The molecule has 194 valence electrons. The molecule has 0 amide bonds. The minimum absolute atomic E-state index is 0.127. The fraction of sp³-hybridized carbons (Fsp3) is 0.594. The van der Waals surface area contributed by atoms with E-state index in [0.717, 1.165) is 32.4 Å². The van der Waals surface area contributed by atoms with E-state index in [1.54, 1.807) is 12.7 Å². The van der Waals surface area contributed by atoms with Crippen molar-refractivity contribution >= 4 is 10.8 Å². The van der Waals surface area contributed by atoms with Gasteiger partial charge in [0.2, 0.25) is 0 Å². The van der Waals surface area contributed by atoms with Gasteiger partial charge in [-0.25, -0.2) is 0 Å². The summed E-state index contributed by atoms with van der Waals surface area (Å²) >= 11 is 0. The van der Waals surface area contributed by atoms with Crippen molar-refractivity contribution in [2.45, 2.75) is 76.2 Å². The van der Waals surface area contributed by atoms with Crippen LogP contribution >= 0.6 is 0 Å². The van der Waals surface area contributed by atoms with E-state index < -0.39 is 5.60 Å². The zero-order valence-corrected chi connectivity index (χ0v) is 22.4. The quantitative estimate of drug-likeness (QED) is 0.479. The van der Waals surface area contributed by atoms with Crippen LogP contribution in [0.15, 0.2) is 60.0 Å². The Morgan fingerprint density at radius 1 is 1.11 bits per heavy atom.